The second-order valence-corrected chi connectivity index (χ2v) is 20.0. The van der Waals surface area contributed by atoms with Gasteiger partial charge in [-0.15, -0.1) is 0 Å². The number of hydrogen-bond acceptors (Lipinski definition) is 6. The number of amides is 2. The van der Waals surface area contributed by atoms with Gasteiger partial charge in [0.05, 0.1) is 45.2 Å². The number of nitrogens with zero attached hydrogens (tertiary/aromatic N) is 4. The second-order valence-electron chi connectivity index (χ2n) is 20.0. The fourth-order valence-corrected chi connectivity index (χ4v) is 11.0. The van der Waals surface area contributed by atoms with E-state index in [0.29, 0.717) is 0 Å². The molecule has 4 heterocycles. The van der Waals surface area contributed by atoms with E-state index in [2.05, 4.69) is 82.8 Å². The highest BCUT2D eigenvalue weighted by Crippen LogP contribution is 2.90. The summed E-state index contributed by atoms with van der Waals surface area (Å²) in [5.41, 5.74) is 7.64. The number of piperidine rings is 4. The van der Waals surface area contributed by atoms with Gasteiger partial charge in [-0.1, -0.05) is 36.4 Å². The van der Waals surface area contributed by atoms with E-state index in [9.17, 15) is 9.59 Å². The van der Waals surface area contributed by atoms with Gasteiger partial charge in [0.25, 0.3) is 0 Å². The number of benzene rings is 4. The molecule has 4 aliphatic carbocycles. The van der Waals surface area contributed by atoms with Crippen molar-refractivity contribution in [1.29, 1.82) is 0 Å². The summed E-state index contributed by atoms with van der Waals surface area (Å²) in [6, 6.07) is 25.8. The summed E-state index contributed by atoms with van der Waals surface area (Å²) in [5, 5.41) is 2.33. The van der Waals surface area contributed by atoms with Crippen molar-refractivity contribution in [3.8, 4) is 22.3 Å². The van der Waals surface area contributed by atoms with Gasteiger partial charge in [-0.2, -0.15) is 0 Å². The van der Waals surface area contributed by atoms with Crippen LogP contribution in [-0.4, -0.2) is 64.2 Å². The van der Waals surface area contributed by atoms with Gasteiger partial charge >= 0.3 is 12.2 Å². The molecule has 0 spiro atoms. The molecule has 4 aromatic carbocycles. The van der Waals surface area contributed by atoms with Gasteiger partial charge in [0.15, 0.2) is 0 Å². The maximum Gasteiger partial charge on any atom is 0.411 e. The molecule has 0 bridgehead atoms. The molecule has 56 heavy (non-hydrogen) atoms. The van der Waals surface area contributed by atoms with Crippen LogP contribution in [0.25, 0.3) is 55.1 Å². The van der Waals surface area contributed by atoms with Crippen molar-refractivity contribution in [3.05, 3.63) is 84.4 Å². The predicted octanol–water partition coefficient (Wildman–Crippen LogP) is 10.4. The number of nitrogens with one attached hydrogen (secondary N) is 2. The van der Waals surface area contributed by atoms with E-state index < -0.39 is 11.2 Å². The van der Waals surface area contributed by atoms with Crippen LogP contribution >= 0.6 is 0 Å². The minimum absolute atomic E-state index is 0.0212. The predicted molar refractivity (Wildman–Crippen MR) is 214 cm³/mol. The quantitative estimate of drug-likeness (QED) is 0.186. The number of H-pyrrole nitrogens is 2. The van der Waals surface area contributed by atoms with E-state index in [-0.39, 0.29) is 46.2 Å². The summed E-state index contributed by atoms with van der Waals surface area (Å²) in [6.07, 6.45) is 5.78. The molecule has 10 nitrogen and oxygen atoms in total. The number of hydrogen-bond donors (Lipinski definition) is 2. The van der Waals surface area contributed by atoms with Crippen LogP contribution in [0.3, 0.4) is 0 Å². The van der Waals surface area contributed by atoms with Gasteiger partial charge in [0, 0.05) is 10.8 Å². The normalized spacial score (nSPS) is 30.6. The van der Waals surface area contributed by atoms with Crippen molar-refractivity contribution < 1.29 is 19.1 Å². The third kappa shape index (κ3) is 4.49. The van der Waals surface area contributed by atoms with Crippen LogP contribution in [0, 0.1) is 10.8 Å². The van der Waals surface area contributed by atoms with Gasteiger partial charge in [0.2, 0.25) is 0 Å². The largest absolute Gasteiger partial charge is 0.444 e. The lowest BCUT2D eigenvalue weighted by molar-refractivity contribution is 0.00691. The molecule has 0 radical (unpaired) electrons. The van der Waals surface area contributed by atoms with E-state index in [1.165, 1.54) is 0 Å². The van der Waals surface area contributed by atoms with E-state index in [1.54, 1.807) is 0 Å². The molecule has 4 saturated carbocycles. The van der Waals surface area contributed by atoms with Crippen molar-refractivity contribution in [3.63, 3.8) is 0 Å². The Hall–Kier alpha value is -5.38. The smallest absolute Gasteiger partial charge is 0.411 e. The summed E-state index contributed by atoms with van der Waals surface area (Å²) >= 11 is 0. The number of ether oxygens (including phenoxy) is 2. The highest BCUT2D eigenvalue weighted by atomic mass is 16.6. The molecule has 2 saturated heterocycles. The maximum atomic E-state index is 13.4. The van der Waals surface area contributed by atoms with Crippen LogP contribution in [0.5, 0.6) is 0 Å². The molecule has 284 valence electrons. The van der Waals surface area contributed by atoms with Crippen molar-refractivity contribution in [2.45, 2.75) is 114 Å². The second kappa shape index (κ2) is 9.94. The van der Waals surface area contributed by atoms with Crippen molar-refractivity contribution >= 4 is 45.0 Å². The van der Waals surface area contributed by atoms with E-state index >= 15 is 0 Å². The first-order valence-electron chi connectivity index (χ1n) is 20.2. The first-order valence-corrected chi connectivity index (χ1v) is 20.2. The number of imidazole rings is 2. The molecule has 2 aromatic heterocycles. The number of carbonyl (C=O) groups excluding carboxylic acids is 2. The number of rotatable bonds is 4. The minimum Gasteiger partial charge on any atom is -0.444 e. The molecule has 2 aliphatic heterocycles. The number of likely N-dealkylation sites (tertiary alicyclic amines) is 2. The molecule has 0 unspecified atom stereocenters. The number of aromatic amines is 2. The van der Waals surface area contributed by atoms with Gasteiger partial charge in [-0.3, -0.25) is 9.80 Å². The lowest BCUT2D eigenvalue weighted by Gasteiger charge is -2.34. The van der Waals surface area contributed by atoms with Crippen LogP contribution in [0.4, 0.5) is 9.59 Å². The number of aromatic nitrogens is 4. The van der Waals surface area contributed by atoms with Gasteiger partial charge in [0.1, 0.15) is 22.9 Å². The fraction of sp³-hybridized carbons (Fsp3) is 0.435. The fourth-order valence-electron chi connectivity index (χ4n) is 11.0. The third-order valence-electron chi connectivity index (χ3n) is 14.0. The van der Waals surface area contributed by atoms with Gasteiger partial charge in [-0.25, -0.2) is 19.6 Å². The Kier molecular flexibility index (Phi) is 5.83. The van der Waals surface area contributed by atoms with Crippen LogP contribution in [-0.2, 0) is 9.47 Å². The van der Waals surface area contributed by atoms with Crippen LogP contribution in [0.1, 0.15) is 104 Å². The van der Waals surface area contributed by atoms with Crippen molar-refractivity contribution in [2.24, 2.45) is 10.8 Å². The Labute approximate surface area is 325 Å². The topological polar surface area (TPSA) is 116 Å². The molecule has 6 aromatic rings. The van der Waals surface area contributed by atoms with E-state index in [4.69, 9.17) is 19.4 Å². The number of carbonyl (C=O) groups is 2. The standard InChI is InChI=1S/C46H46N6O4/c1-41(2,3)55-39(53)51-35(19-43-21-45(43,51)22-43)37-47-31-13-11-29(17-33(31)49-37)27-9-7-26-16-28(10-8-25(26)15-27)30-12-14-32-34(18-30)50-38(48-32)36-20-44-23-46(44,24-44)52(36)40(54)56-42(4,5)6/h7-18,35-36H,19-24H2,1-6H3,(H,47,49)(H,48,50)/t35-,36-,43?,44?,45?,46?/m0/s1. The lowest BCUT2D eigenvalue weighted by atomic mass is 9.97. The summed E-state index contributed by atoms with van der Waals surface area (Å²) in [6.45, 7) is 11.6. The number of fused-ring (bicyclic) bond motifs is 3. The molecule has 2 N–H and O–H groups in total. The summed E-state index contributed by atoms with van der Waals surface area (Å²) < 4.78 is 11.7. The zero-order chi connectivity index (χ0) is 38.4. The summed E-state index contributed by atoms with van der Waals surface area (Å²) in [7, 11) is 0. The molecular formula is C46H46N6O4. The highest BCUT2D eigenvalue weighted by molar-refractivity contribution is 5.93. The van der Waals surface area contributed by atoms with Crippen molar-refractivity contribution in [1.82, 2.24) is 29.7 Å². The minimum atomic E-state index is -0.541. The van der Waals surface area contributed by atoms with Crippen LogP contribution < -0.4 is 0 Å². The first kappa shape index (κ1) is 32.8. The average Bonchev–Trinajstić information content (AvgIpc) is 3.97. The highest BCUT2D eigenvalue weighted by Gasteiger charge is 2.92. The molecular weight excluding hydrogens is 701 g/mol. The Bertz CT molecular complexity index is 2550. The molecule has 10 heteroatoms. The summed E-state index contributed by atoms with van der Waals surface area (Å²) in [5.74, 6) is 1.69. The third-order valence-corrected chi connectivity index (χ3v) is 14.0. The Morgan fingerprint density at radius 2 is 0.964 bits per heavy atom. The Balaban J connectivity index is 0.797. The van der Waals surface area contributed by atoms with Crippen molar-refractivity contribution in [2.75, 3.05) is 0 Å². The SMILES string of the molecule is CC(C)(C)OC(=O)N1[C@H](c2nc3ccc(-c4ccc5cc(-c6ccc7nc([C@@H]8CC9%10CC9(C%10)N8C(=O)OC(C)(C)C)[nH]c7c6)ccc5c4)cc3[nH]2)CC23CC12C3. The molecule has 6 aliphatic rings. The summed E-state index contributed by atoms with van der Waals surface area (Å²) in [4.78, 5) is 48.0. The molecule has 6 fully saturated rings. The van der Waals surface area contributed by atoms with E-state index in [0.717, 1.165) is 105 Å². The first-order chi connectivity index (χ1) is 26.6. The zero-order valence-corrected chi connectivity index (χ0v) is 32.7. The molecule has 12 rings (SSSR count). The Morgan fingerprint density at radius 1 is 0.589 bits per heavy atom. The lowest BCUT2D eigenvalue weighted by Crippen LogP contribution is -2.42. The average molecular weight is 747 g/mol. The van der Waals surface area contributed by atoms with Crippen LogP contribution in [0.15, 0.2) is 72.8 Å². The Morgan fingerprint density at radius 3 is 1.36 bits per heavy atom. The molecule has 2 atom stereocenters. The monoisotopic (exact) mass is 746 g/mol. The zero-order valence-electron chi connectivity index (χ0n) is 32.7. The van der Waals surface area contributed by atoms with Gasteiger partial charge in [-0.05, 0) is 149 Å². The van der Waals surface area contributed by atoms with Crippen LogP contribution in [0.2, 0.25) is 0 Å². The molecule has 2 amide bonds. The maximum absolute atomic E-state index is 13.4. The van der Waals surface area contributed by atoms with E-state index in [1.807, 2.05) is 51.3 Å². The van der Waals surface area contributed by atoms with Gasteiger partial charge < -0.3 is 19.4 Å².